The maximum absolute atomic E-state index is 10.9. The molecule has 0 saturated carbocycles. The van der Waals surface area contributed by atoms with Crippen molar-refractivity contribution in [3.05, 3.63) is 95.6 Å². The molecular weight excluding hydrogens is 424 g/mol. The normalized spacial score (nSPS) is 15.0. The summed E-state index contributed by atoms with van der Waals surface area (Å²) in [5.74, 6) is 0.630. The first kappa shape index (κ1) is 23.4. The van der Waals surface area contributed by atoms with Gasteiger partial charge in [0.1, 0.15) is 5.75 Å². The van der Waals surface area contributed by atoms with Crippen LogP contribution in [0, 0.1) is 5.92 Å². The van der Waals surface area contributed by atoms with E-state index in [1.807, 2.05) is 18.2 Å². The Labute approximate surface area is 201 Å². The number of rotatable bonds is 7. The smallest absolute Gasteiger partial charge is 0.404 e. The van der Waals surface area contributed by atoms with Crippen LogP contribution >= 0.6 is 0 Å². The number of benzene rings is 3. The Kier molecular flexibility index (Phi) is 7.53. The molecule has 3 aromatic rings. The number of primary amides is 1. The molecule has 0 aromatic heterocycles. The number of hydrogen-bond acceptors (Lipinski definition) is 4. The van der Waals surface area contributed by atoms with Gasteiger partial charge in [0, 0.05) is 18.8 Å². The molecule has 0 unspecified atom stereocenters. The van der Waals surface area contributed by atoms with Gasteiger partial charge in [-0.3, -0.25) is 0 Å². The van der Waals surface area contributed by atoms with E-state index in [0.717, 1.165) is 43.5 Å². The first-order valence-electron chi connectivity index (χ1n) is 11.9. The third-order valence-corrected chi connectivity index (χ3v) is 6.53. The van der Waals surface area contributed by atoms with Crippen LogP contribution in [-0.2, 0) is 4.74 Å². The molecule has 5 heteroatoms. The Morgan fingerprint density at radius 2 is 1.50 bits per heavy atom. The molecule has 1 heterocycles. The number of aromatic hydroxyl groups is 1. The molecule has 0 spiro atoms. The van der Waals surface area contributed by atoms with E-state index >= 15 is 0 Å². The van der Waals surface area contributed by atoms with Crippen molar-refractivity contribution >= 4 is 22.9 Å². The number of piperidine rings is 1. The van der Waals surface area contributed by atoms with E-state index in [1.165, 1.54) is 22.4 Å². The highest BCUT2D eigenvalue weighted by molar-refractivity contribution is 5.98. The van der Waals surface area contributed by atoms with Crippen molar-refractivity contribution < 1.29 is 14.6 Å². The molecule has 4 rings (SSSR count). The van der Waals surface area contributed by atoms with E-state index in [1.54, 1.807) is 12.1 Å². The minimum atomic E-state index is -0.697. The molecule has 0 aliphatic carbocycles. The summed E-state index contributed by atoms with van der Waals surface area (Å²) in [5, 5.41) is 9.83. The SMILES string of the molecule is CCC(=C(c1ccc(O)cc1)c1ccc(N2CCC(COC(N)=O)CC2)cc1)c1ccccc1. The molecule has 5 nitrogen and oxygen atoms in total. The summed E-state index contributed by atoms with van der Waals surface area (Å²) < 4.78 is 4.98. The molecule has 176 valence electrons. The van der Waals surface area contributed by atoms with Gasteiger partial charge in [-0.05, 0) is 77.3 Å². The average Bonchev–Trinajstić information content (AvgIpc) is 2.88. The molecule has 1 amide bonds. The van der Waals surface area contributed by atoms with Gasteiger partial charge in [-0.2, -0.15) is 0 Å². The fourth-order valence-electron chi connectivity index (χ4n) is 4.70. The maximum Gasteiger partial charge on any atom is 0.404 e. The van der Waals surface area contributed by atoms with Crippen molar-refractivity contribution in [1.82, 2.24) is 0 Å². The number of nitrogens with two attached hydrogens (primary N) is 1. The zero-order valence-corrected chi connectivity index (χ0v) is 19.6. The van der Waals surface area contributed by atoms with Crippen LogP contribution in [0.2, 0.25) is 0 Å². The summed E-state index contributed by atoms with van der Waals surface area (Å²) in [7, 11) is 0. The first-order valence-corrected chi connectivity index (χ1v) is 11.9. The molecule has 34 heavy (non-hydrogen) atoms. The van der Waals surface area contributed by atoms with Crippen LogP contribution in [0.5, 0.6) is 5.75 Å². The molecule has 1 saturated heterocycles. The number of amides is 1. The van der Waals surface area contributed by atoms with Gasteiger partial charge < -0.3 is 20.5 Å². The lowest BCUT2D eigenvalue weighted by atomic mass is 9.88. The van der Waals surface area contributed by atoms with Crippen LogP contribution in [0.15, 0.2) is 78.9 Å². The highest BCUT2D eigenvalue weighted by Gasteiger charge is 2.21. The zero-order chi connectivity index (χ0) is 23.9. The second-order valence-electron chi connectivity index (χ2n) is 8.73. The summed E-state index contributed by atoms with van der Waals surface area (Å²) in [6.45, 7) is 4.44. The van der Waals surface area contributed by atoms with Gasteiger partial charge in [-0.25, -0.2) is 4.79 Å². The van der Waals surface area contributed by atoms with Gasteiger partial charge in [0.2, 0.25) is 0 Å². The molecule has 0 atom stereocenters. The predicted octanol–water partition coefficient (Wildman–Crippen LogP) is 6.07. The summed E-state index contributed by atoms with van der Waals surface area (Å²) in [6.07, 6.45) is 2.14. The third-order valence-electron chi connectivity index (χ3n) is 6.53. The number of phenolic OH excluding ortho intramolecular Hbond substituents is 1. The van der Waals surface area contributed by atoms with Crippen LogP contribution < -0.4 is 10.6 Å². The summed E-state index contributed by atoms with van der Waals surface area (Å²) >= 11 is 0. The first-order chi connectivity index (χ1) is 16.5. The fourth-order valence-corrected chi connectivity index (χ4v) is 4.70. The monoisotopic (exact) mass is 456 g/mol. The Morgan fingerprint density at radius 1 is 0.912 bits per heavy atom. The fraction of sp³-hybridized carbons (Fsp3) is 0.276. The number of hydrogen-bond donors (Lipinski definition) is 2. The summed E-state index contributed by atoms with van der Waals surface area (Å²) in [6, 6.07) is 26.7. The molecule has 3 aromatic carbocycles. The lowest BCUT2D eigenvalue weighted by Crippen LogP contribution is -2.35. The van der Waals surface area contributed by atoms with Crippen molar-refractivity contribution in [2.24, 2.45) is 11.7 Å². The Morgan fingerprint density at radius 3 is 2.06 bits per heavy atom. The lowest BCUT2D eigenvalue weighted by Gasteiger charge is -2.33. The van der Waals surface area contributed by atoms with Crippen LogP contribution in [0.25, 0.3) is 11.1 Å². The van der Waals surface area contributed by atoms with Crippen LogP contribution in [-0.4, -0.2) is 30.9 Å². The van der Waals surface area contributed by atoms with E-state index in [0.29, 0.717) is 12.5 Å². The number of ether oxygens (including phenoxy) is 1. The minimum Gasteiger partial charge on any atom is -0.508 e. The number of phenols is 1. The molecule has 1 aliphatic rings. The standard InChI is InChI=1S/C29H32N2O3/c1-2-27(22-6-4-3-5-7-22)28(24-10-14-26(32)15-11-24)23-8-12-25(13-9-23)31-18-16-21(17-19-31)20-34-29(30)33/h3-15,21,32H,2,16-20H2,1H3,(H2,30,33). The topological polar surface area (TPSA) is 75.8 Å². The van der Waals surface area contributed by atoms with E-state index in [2.05, 4.69) is 60.4 Å². The van der Waals surface area contributed by atoms with Crippen molar-refractivity contribution in [2.75, 3.05) is 24.6 Å². The van der Waals surface area contributed by atoms with Gasteiger partial charge in [0.15, 0.2) is 0 Å². The highest BCUT2D eigenvalue weighted by Crippen LogP contribution is 2.36. The Bertz CT molecular complexity index is 1110. The molecule has 1 fully saturated rings. The average molecular weight is 457 g/mol. The zero-order valence-electron chi connectivity index (χ0n) is 19.6. The van der Waals surface area contributed by atoms with E-state index in [-0.39, 0.29) is 5.75 Å². The maximum atomic E-state index is 10.9. The Hall–Kier alpha value is -3.73. The third kappa shape index (κ3) is 5.60. The number of allylic oxidation sites excluding steroid dienone is 1. The van der Waals surface area contributed by atoms with Gasteiger partial charge in [0.05, 0.1) is 6.61 Å². The van der Waals surface area contributed by atoms with Gasteiger partial charge in [0.25, 0.3) is 0 Å². The summed E-state index contributed by atoms with van der Waals surface area (Å²) in [5.41, 5.74) is 12.2. The van der Waals surface area contributed by atoms with Gasteiger partial charge in [-0.1, -0.05) is 61.5 Å². The van der Waals surface area contributed by atoms with Crippen molar-refractivity contribution in [2.45, 2.75) is 26.2 Å². The van der Waals surface area contributed by atoms with Crippen molar-refractivity contribution in [3.63, 3.8) is 0 Å². The largest absolute Gasteiger partial charge is 0.508 e. The Balaban J connectivity index is 1.60. The number of carbonyl (C=O) groups excluding carboxylic acids is 1. The minimum absolute atomic E-state index is 0.265. The van der Waals surface area contributed by atoms with Crippen LogP contribution in [0.1, 0.15) is 42.9 Å². The quantitative estimate of drug-likeness (QED) is 0.423. The van der Waals surface area contributed by atoms with Crippen LogP contribution in [0.3, 0.4) is 0 Å². The molecule has 3 N–H and O–H groups in total. The second kappa shape index (κ2) is 10.9. The van der Waals surface area contributed by atoms with Gasteiger partial charge >= 0.3 is 6.09 Å². The molecular formula is C29H32N2O3. The molecule has 1 aliphatic heterocycles. The predicted molar refractivity (Wildman–Crippen MR) is 138 cm³/mol. The lowest BCUT2D eigenvalue weighted by molar-refractivity contribution is 0.129. The van der Waals surface area contributed by atoms with Crippen LogP contribution in [0.4, 0.5) is 10.5 Å². The second-order valence-corrected chi connectivity index (χ2v) is 8.73. The summed E-state index contributed by atoms with van der Waals surface area (Å²) in [4.78, 5) is 13.2. The number of anilines is 1. The highest BCUT2D eigenvalue weighted by atomic mass is 16.5. The number of carbonyl (C=O) groups is 1. The van der Waals surface area contributed by atoms with E-state index < -0.39 is 6.09 Å². The molecule has 0 radical (unpaired) electrons. The number of nitrogens with zero attached hydrogens (tertiary/aromatic N) is 1. The van der Waals surface area contributed by atoms with Crippen molar-refractivity contribution in [3.8, 4) is 5.75 Å². The van der Waals surface area contributed by atoms with E-state index in [9.17, 15) is 9.90 Å². The van der Waals surface area contributed by atoms with Crippen molar-refractivity contribution in [1.29, 1.82) is 0 Å². The van der Waals surface area contributed by atoms with E-state index in [4.69, 9.17) is 10.5 Å². The van der Waals surface area contributed by atoms with Gasteiger partial charge in [-0.15, -0.1) is 0 Å². The molecule has 0 bridgehead atoms.